The molecular formula is C11H21NO2. The van der Waals surface area contributed by atoms with Crippen molar-refractivity contribution in [3.05, 3.63) is 0 Å². The average molecular weight is 199 g/mol. The molecule has 1 saturated carbocycles. The number of carboxylic acids is 1. The molecule has 14 heavy (non-hydrogen) atoms. The predicted molar refractivity (Wildman–Crippen MR) is 55.9 cm³/mol. The molecule has 0 aromatic heterocycles. The zero-order valence-electron chi connectivity index (χ0n) is 9.07. The van der Waals surface area contributed by atoms with Gasteiger partial charge in [-0.3, -0.25) is 4.79 Å². The number of aliphatic carboxylic acids is 1. The Morgan fingerprint density at radius 3 is 2.43 bits per heavy atom. The lowest BCUT2D eigenvalue weighted by atomic mass is 9.70. The van der Waals surface area contributed by atoms with Gasteiger partial charge in [-0.25, -0.2) is 0 Å². The van der Waals surface area contributed by atoms with Crippen LogP contribution < -0.4 is 5.73 Å². The van der Waals surface area contributed by atoms with Crippen molar-refractivity contribution in [2.75, 3.05) is 0 Å². The molecule has 0 saturated heterocycles. The molecule has 0 aliphatic heterocycles. The van der Waals surface area contributed by atoms with Gasteiger partial charge in [0.05, 0.1) is 6.42 Å². The second kappa shape index (κ2) is 4.78. The summed E-state index contributed by atoms with van der Waals surface area (Å²) >= 11 is 0. The summed E-state index contributed by atoms with van der Waals surface area (Å²) in [5, 5.41) is 8.64. The van der Waals surface area contributed by atoms with E-state index in [1.165, 1.54) is 19.3 Å². The highest BCUT2D eigenvalue weighted by Crippen LogP contribution is 2.37. The summed E-state index contributed by atoms with van der Waals surface area (Å²) in [6.07, 6.45) is 4.02. The Morgan fingerprint density at radius 2 is 2.07 bits per heavy atom. The standard InChI is InChI=1S/C11H21NO2/c1-7(9-4-3-5-9)8(2)10(12)6-11(13)14/h7-10H,3-6,12H2,1-2H3,(H,13,14). The van der Waals surface area contributed by atoms with Crippen molar-refractivity contribution in [1.82, 2.24) is 0 Å². The highest BCUT2D eigenvalue weighted by Gasteiger charge is 2.30. The number of hydrogen-bond acceptors (Lipinski definition) is 2. The third kappa shape index (κ3) is 2.71. The van der Waals surface area contributed by atoms with E-state index in [-0.39, 0.29) is 12.5 Å². The van der Waals surface area contributed by atoms with Crippen LogP contribution >= 0.6 is 0 Å². The van der Waals surface area contributed by atoms with Gasteiger partial charge >= 0.3 is 5.97 Å². The minimum Gasteiger partial charge on any atom is -0.481 e. The number of rotatable bonds is 5. The quantitative estimate of drug-likeness (QED) is 0.710. The van der Waals surface area contributed by atoms with Crippen LogP contribution in [0.3, 0.4) is 0 Å². The fourth-order valence-corrected chi connectivity index (χ4v) is 2.17. The SMILES string of the molecule is CC(C(N)CC(=O)O)C(C)C1CCC1. The van der Waals surface area contributed by atoms with Crippen molar-refractivity contribution >= 4 is 5.97 Å². The maximum atomic E-state index is 10.5. The number of hydrogen-bond donors (Lipinski definition) is 2. The van der Waals surface area contributed by atoms with Crippen LogP contribution in [0.5, 0.6) is 0 Å². The molecule has 1 rings (SSSR count). The topological polar surface area (TPSA) is 63.3 Å². The highest BCUT2D eigenvalue weighted by atomic mass is 16.4. The molecular weight excluding hydrogens is 178 g/mol. The van der Waals surface area contributed by atoms with Crippen molar-refractivity contribution in [3.8, 4) is 0 Å². The minimum atomic E-state index is -0.787. The highest BCUT2D eigenvalue weighted by molar-refractivity contribution is 5.67. The van der Waals surface area contributed by atoms with E-state index in [4.69, 9.17) is 10.8 Å². The molecule has 0 radical (unpaired) electrons. The summed E-state index contributed by atoms with van der Waals surface area (Å²) in [6.45, 7) is 4.28. The largest absolute Gasteiger partial charge is 0.481 e. The maximum Gasteiger partial charge on any atom is 0.304 e. The molecule has 3 atom stereocenters. The van der Waals surface area contributed by atoms with Gasteiger partial charge in [0.25, 0.3) is 0 Å². The molecule has 82 valence electrons. The van der Waals surface area contributed by atoms with Gasteiger partial charge in [-0.05, 0) is 17.8 Å². The van der Waals surface area contributed by atoms with Gasteiger partial charge in [0.1, 0.15) is 0 Å². The molecule has 0 amide bonds. The van der Waals surface area contributed by atoms with E-state index in [1.807, 2.05) is 0 Å². The molecule has 3 N–H and O–H groups in total. The normalized spacial score (nSPS) is 23.6. The van der Waals surface area contributed by atoms with Crippen LogP contribution in [-0.2, 0) is 4.79 Å². The Balaban J connectivity index is 2.37. The Hall–Kier alpha value is -0.570. The van der Waals surface area contributed by atoms with Gasteiger partial charge in [-0.2, -0.15) is 0 Å². The van der Waals surface area contributed by atoms with Gasteiger partial charge in [0, 0.05) is 6.04 Å². The first-order valence-corrected chi connectivity index (χ1v) is 5.49. The monoisotopic (exact) mass is 199 g/mol. The Labute approximate surface area is 85.7 Å². The second-order valence-corrected chi connectivity index (χ2v) is 4.67. The zero-order chi connectivity index (χ0) is 10.7. The zero-order valence-corrected chi connectivity index (χ0v) is 9.07. The molecule has 0 aromatic carbocycles. The summed E-state index contributed by atoms with van der Waals surface area (Å²) in [5.74, 6) is 0.879. The smallest absolute Gasteiger partial charge is 0.304 e. The van der Waals surface area contributed by atoms with Gasteiger partial charge in [-0.1, -0.05) is 33.1 Å². The molecule has 1 fully saturated rings. The van der Waals surface area contributed by atoms with Crippen LogP contribution in [0, 0.1) is 17.8 Å². The number of nitrogens with two attached hydrogens (primary N) is 1. The van der Waals surface area contributed by atoms with Gasteiger partial charge in [-0.15, -0.1) is 0 Å². The third-order valence-electron chi connectivity index (χ3n) is 3.81. The van der Waals surface area contributed by atoms with Gasteiger partial charge in [0.2, 0.25) is 0 Å². The number of carboxylic acid groups (broad SMARTS) is 1. The van der Waals surface area contributed by atoms with Crippen LogP contribution in [0.4, 0.5) is 0 Å². The van der Waals surface area contributed by atoms with Crippen LogP contribution in [0.25, 0.3) is 0 Å². The third-order valence-corrected chi connectivity index (χ3v) is 3.81. The molecule has 0 spiro atoms. The van der Waals surface area contributed by atoms with E-state index in [2.05, 4.69) is 13.8 Å². The first kappa shape index (κ1) is 11.5. The molecule has 3 nitrogen and oxygen atoms in total. The van der Waals surface area contributed by atoms with E-state index in [0.29, 0.717) is 11.8 Å². The maximum absolute atomic E-state index is 10.5. The average Bonchev–Trinajstić information content (AvgIpc) is 1.98. The van der Waals surface area contributed by atoms with Crippen LogP contribution in [-0.4, -0.2) is 17.1 Å². The number of carbonyl (C=O) groups is 1. The van der Waals surface area contributed by atoms with E-state index in [9.17, 15) is 4.79 Å². The van der Waals surface area contributed by atoms with Crippen LogP contribution in [0.2, 0.25) is 0 Å². The first-order chi connectivity index (χ1) is 6.52. The van der Waals surface area contributed by atoms with Crippen molar-refractivity contribution < 1.29 is 9.90 Å². The fourth-order valence-electron chi connectivity index (χ4n) is 2.17. The summed E-state index contributed by atoms with van der Waals surface area (Å²) < 4.78 is 0. The van der Waals surface area contributed by atoms with Crippen molar-refractivity contribution in [1.29, 1.82) is 0 Å². The predicted octanol–water partition coefficient (Wildman–Crippen LogP) is 1.86. The van der Waals surface area contributed by atoms with Crippen LogP contribution in [0.1, 0.15) is 39.5 Å². The van der Waals surface area contributed by atoms with E-state index in [1.54, 1.807) is 0 Å². The van der Waals surface area contributed by atoms with Crippen LogP contribution in [0.15, 0.2) is 0 Å². The lowest BCUT2D eigenvalue weighted by molar-refractivity contribution is -0.137. The summed E-state index contributed by atoms with van der Waals surface area (Å²) in [4.78, 5) is 10.5. The lowest BCUT2D eigenvalue weighted by Gasteiger charge is -2.37. The summed E-state index contributed by atoms with van der Waals surface area (Å²) in [7, 11) is 0. The van der Waals surface area contributed by atoms with Gasteiger partial charge < -0.3 is 10.8 Å². The molecule has 3 unspecified atom stereocenters. The van der Waals surface area contributed by atoms with Gasteiger partial charge in [0.15, 0.2) is 0 Å². The summed E-state index contributed by atoms with van der Waals surface area (Å²) in [5.41, 5.74) is 5.85. The van der Waals surface area contributed by atoms with E-state index < -0.39 is 5.97 Å². The van der Waals surface area contributed by atoms with E-state index in [0.717, 1.165) is 5.92 Å². The Bertz CT molecular complexity index is 201. The molecule has 3 heteroatoms. The summed E-state index contributed by atoms with van der Waals surface area (Å²) in [6, 6.07) is -0.192. The Kier molecular flexibility index (Phi) is 3.93. The van der Waals surface area contributed by atoms with Crippen molar-refractivity contribution in [3.63, 3.8) is 0 Å². The molecule has 1 aliphatic carbocycles. The molecule has 0 bridgehead atoms. The first-order valence-electron chi connectivity index (χ1n) is 5.49. The molecule has 1 aliphatic rings. The lowest BCUT2D eigenvalue weighted by Crippen LogP contribution is -2.38. The van der Waals surface area contributed by atoms with Crippen molar-refractivity contribution in [2.24, 2.45) is 23.5 Å². The van der Waals surface area contributed by atoms with E-state index >= 15 is 0 Å². The fraction of sp³-hybridized carbons (Fsp3) is 0.909. The second-order valence-electron chi connectivity index (χ2n) is 4.67. The minimum absolute atomic E-state index is 0.0955. The molecule has 0 aromatic rings. The Morgan fingerprint density at radius 1 is 1.50 bits per heavy atom. The van der Waals surface area contributed by atoms with Crippen molar-refractivity contribution in [2.45, 2.75) is 45.6 Å². The molecule has 0 heterocycles.